The highest BCUT2D eigenvalue weighted by Gasteiger charge is 2.36. The van der Waals surface area contributed by atoms with Crippen LogP contribution in [0.5, 0.6) is 11.5 Å². The van der Waals surface area contributed by atoms with Gasteiger partial charge in [0, 0.05) is 18.1 Å². The highest BCUT2D eigenvalue weighted by Crippen LogP contribution is 2.44. The van der Waals surface area contributed by atoms with E-state index in [0.717, 1.165) is 12.1 Å². The molecule has 2 aliphatic rings. The maximum atomic E-state index is 13.7. The van der Waals surface area contributed by atoms with E-state index in [0.29, 0.717) is 48.0 Å². The number of para-hydroxylation sites is 2. The minimum atomic E-state index is -4.42. The third-order valence-electron chi connectivity index (χ3n) is 7.01. The summed E-state index contributed by atoms with van der Waals surface area (Å²) in [5, 5.41) is 10.9. The number of ether oxygens (including phenoxy) is 1. The number of likely N-dealkylation sites (tertiary alicyclic amines) is 1. The summed E-state index contributed by atoms with van der Waals surface area (Å²) in [5.74, 6) is 0.712. The predicted molar refractivity (Wildman–Crippen MR) is 138 cm³/mol. The Morgan fingerprint density at radius 1 is 1.00 bits per heavy atom. The topological polar surface area (TPSA) is 70.1 Å². The van der Waals surface area contributed by atoms with Crippen molar-refractivity contribution in [3.63, 3.8) is 0 Å². The van der Waals surface area contributed by atoms with Crippen molar-refractivity contribution in [1.29, 1.82) is 0 Å². The zero-order chi connectivity index (χ0) is 27.1. The van der Waals surface area contributed by atoms with Crippen LogP contribution >= 0.6 is 11.6 Å². The van der Waals surface area contributed by atoms with Gasteiger partial charge in [-0.25, -0.2) is 8.42 Å². The maximum Gasteiger partial charge on any atom is 0.416 e. The van der Waals surface area contributed by atoms with Gasteiger partial charge < -0.3 is 14.7 Å². The van der Waals surface area contributed by atoms with E-state index in [1.165, 1.54) is 22.5 Å². The molecule has 1 fully saturated rings. The van der Waals surface area contributed by atoms with Crippen LogP contribution in [-0.4, -0.2) is 44.6 Å². The van der Waals surface area contributed by atoms with Gasteiger partial charge in [-0.2, -0.15) is 13.2 Å². The fraction of sp³-hybridized carbons (Fsp3) is 0.333. The molecule has 2 aliphatic heterocycles. The summed E-state index contributed by atoms with van der Waals surface area (Å²) in [6, 6.07) is 16.1. The number of hydrogen-bond donors (Lipinski definition) is 1. The second-order valence-corrected chi connectivity index (χ2v) is 11.8. The summed E-state index contributed by atoms with van der Waals surface area (Å²) in [4.78, 5) is 2.06. The molecule has 2 heterocycles. The number of β-amino-alcohol motifs (C(OH)–C–C–N with tert-alkyl or cyclic N) is 1. The van der Waals surface area contributed by atoms with Crippen molar-refractivity contribution < 1.29 is 31.4 Å². The summed E-state index contributed by atoms with van der Waals surface area (Å²) in [6.45, 7) is 1.78. The van der Waals surface area contributed by atoms with Crippen LogP contribution < -0.4 is 9.04 Å². The quantitative estimate of drug-likeness (QED) is 0.404. The summed E-state index contributed by atoms with van der Waals surface area (Å²) >= 11 is 6.12. The summed E-state index contributed by atoms with van der Waals surface area (Å²) in [5.41, 5.74) is 0.124. The molecule has 5 rings (SSSR count). The number of benzene rings is 3. The highest BCUT2D eigenvalue weighted by molar-refractivity contribution is 7.93. The SMILES string of the molecule is O=S1(=O)c2cc(Cl)ccc2Oc2ccccc2N1CC1CCN(C[C@H](O)c2ccc(C(F)(F)F)cc2)CC1. The number of hydrogen-bond acceptors (Lipinski definition) is 5. The molecular formula is C27H26ClF3N2O4S. The lowest BCUT2D eigenvalue weighted by molar-refractivity contribution is -0.137. The fourth-order valence-corrected chi connectivity index (χ4v) is 6.84. The fourth-order valence-electron chi connectivity index (χ4n) is 4.91. The number of aliphatic hydroxyl groups is 1. The molecule has 1 N–H and O–H groups in total. The minimum Gasteiger partial charge on any atom is -0.454 e. The Hall–Kier alpha value is -2.79. The molecule has 0 bridgehead atoms. The van der Waals surface area contributed by atoms with Gasteiger partial charge in [-0.05, 0) is 79.9 Å². The molecule has 3 aromatic rings. The van der Waals surface area contributed by atoms with Gasteiger partial charge in [0.1, 0.15) is 10.6 Å². The van der Waals surface area contributed by atoms with Crippen molar-refractivity contribution in [2.75, 3.05) is 30.5 Å². The second kappa shape index (κ2) is 10.4. The number of nitrogens with zero attached hydrogens (tertiary/aromatic N) is 2. The van der Waals surface area contributed by atoms with E-state index in [4.69, 9.17) is 16.3 Å². The van der Waals surface area contributed by atoms with Crippen molar-refractivity contribution >= 4 is 27.3 Å². The molecule has 0 aromatic heterocycles. The van der Waals surface area contributed by atoms with Gasteiger partial charge in [-0.1, -0.05) is 35.9 Å². The maximum absolute atomic E-state index is 13.7. The number of aliphatic hydroxyl groups excluding tert-OH is 1. The molecule has 0 unspecified atom stereocenters. The lowest BCUT2D eigenvalue weighted by Gasteiger charge is -2.35. The molecule has 6 nitrogen and oxygen atoms in total. The van der Waals surface area contributed by atoms with Crippen molar-refractivity contribution in [2.45, 2.75) is 30.0 Å². The van der Waals surface area contributed by atoms with Crippen molar-refractivity contribution in [3.8, 4) is 11.5 Å². The lowest BCUT2D eigenvalue weighted by Crippen LogP contribution is -2.42. The Labute approximate surface area is 224 Å². The number of anilines is 1. The summed E-state index contributed by atoms with van der Waals surface area (Å²) < 4.78 is 73.3. The molecule has 38 heavy (non-hydrogen) atoms. The molecule has 1 atom stereocenters. The second-order valence-electron chi connectivity index (χ2n) is 9.58. The largest absolute Gasteiger partial charge is 0.454 e. The summed E-state index contributed by atoms with van der Waals surface area (Å²) in [6.07, 6.45) is -3.97. The zero-order valence-corrected chi connectivity index (χ0v) is 21.8. The average Bonchev–Trinajstić information content (AvgIpc) is 2.97. The van der Waals surface area contributed by atoms with E-state index in [1.807, 2.05) is 4.90 Å². The number of fused-ring (bicyclic) bond motifs is 2. The van der Waals surface area contributed by atoms with Crippen LogP contribution in [0.1, 0.15) is 30.1 Å². The van der Waals surface area contributed by atoms with E-state index in [9.17, 15) is 26.7 Å². The Morgan fingerprint density at radius 2 is 1.68 bits per heavy atom. The van der Waals surface area contributed by atoms with E-state index < -0.39 is 27.9 Å². The van der Waals surface area contributed by atoms with Gasteiger partial charge in [0.15, 0.2) is 5.75 Å². The smallest absolute Gasteiger partial charge is 0.416 e. The van der Waals surface area contributed by atoms with Gasteiger partial charge in [0.05, 0.1) is 17.4 Å². The first kappa shape index (κ1) is 26.8. The van der Waals surface area contributed by atoms with Gasteiger partial charge >= 0.3 is 6.18 Å². The Kier molecular flexibility index (Phi) is 7.34. The first-order valence-electron chi connectivity index (χ1n) is 12.2. The standard InChI is InChI=1S/C27H26ClF3N2O4S/c28-21-9-10-25-26(15-21)38(35,36)33(22-3-1-2-4-24(22)37-25)16-18-11-13-32(14-12-18)17-23(34)19-5-7-20(8-6-19)27(29,30)31/h1-10,15,18,23,34H,11-14,16-17H2/t23-/m0/s1. The highest BCUT2D eigenvalue weighted by atomic mass is 35.5. The molecule has 3 aromatic carbocycles. The Bertz CT molecular complexity index is 1410. The molecule has 11 heteroatoms. The normalized spacial score (nSPS) is 18.7. The van der Waals surface area contributed by atoms with Gasteiger partial charge in [0.2, 0.25) is 0 Å². The number of sulfonamides is 1. The molecule has 0 aliphatic carbocycles. The Morgan fingerprint density at radius 3 is 2.37 bits per heavy atom. The molecule has 0 amide bonds. The molecule has 0 spiro atoms. The third kappa shape index (κ3) is 5.49. The lowest BCUT2D eigenvalue weighted by atomic mass is 9.96. The van der Waals surface area contributed by atoms with E-state index in [2.05, 4.69) is 0 Å². The molecule has 0 saturated carbocycles. The van der Waals surface area contributed by atoms with E-state index >= 15 is 0 Å². The van der Waals surface area contributed by atoms with Crippen LogP contribution in [0.25, 0.3) is 0 Å². The van der Waals surface area contributed by atoms with Crippen molar-refractivity contribution in [2.24, 2.45) is 5.92 Å². The van der Waals surface area contributed by atoms with Crippen LogP contribution in [-0.2, 0) is 16.2 Å². The molecule has 1 saturated heterocycles. The third-order valence-corrected chi connectivity index (χ3v) is 9.05. The summed E-state index contributed by atoms with van der Waals surface area (Å²) in [7, 11) is -3.95. The number of alkyl halides is 3. The van der Waals surface area contributed by atoms with Crippen LogP contribution in [0, 0.1) is 5.92 Å². The predicted octanol–water partition coefficient (Wildman–Crippen LogP) is 6.11. The van der Waals surface area contributed by atoms with Gasteiger partial charge in [-0.3, -0.25) is 4.31 Å². The van der Waals surface area contributed by atoms with Gasteiger partial charge in [-0.15, -0.1) is 0 Å². The van der Waals surface area contributed by atoms with Crippen LogP contribution in [0.3, 0.4) is 0 Å². The van der Waals surface area contributed by atoms with Crippen molar-refractivity contribution in [1.82, 2.24) is 4.90 Å². The van der Waals surface area contributed by atoms with Gasteiger partial charge in [0.25, 0.3) is 10.0 Å². The van der Waals surface area contributed by atoms with Crippen LogP contribution in [0.15, 0.2) is 71.6 Å². The van der Waals surface area contributed by atoms with Crippen LogP contribution in [0.4, 0.5) is 18.9 Å². The van der Waals surface area contributed by atoms with E-state index in [1.54, 1.807) is 36.4 Å². The number of rotatable bonds is 5. The zero-order valence-electron chi connectivity index (χ0n) is 20.2. The molecular weight excluding hydrogens is 541 g/mol. The van der Waals surface area contributed by atoms with Crippen molar-refractivity contribution in [3.05, 3.63) is 82.9 Å². The monoisotopic (exact) mass is 566 g/mol. The molecule has 0 radical (unpaired) electrons. The van der Waals surface area contributed by atoms with Crippen LogP contribution in [0.2, 0.25) is 5.02 Å². The first-order valence-corrected chi connectivity index (χ1v) is 14.0. The minimum absolute atomic E-state index is 0.0123. The van der Waals surface area contributed by atoms with E-state index in [-0.39, 0.29) is 29.7 Å². The number of piperidine rings is 1. The molecule has 202 valence electrons. The Balaban J connectivity index is 1.27. The first-order chi connectivity index (χ1) is 18.0. The number of halogens is 4. The average molecular weight is 567 g/mol.